The summed E-state index contributed by atoms with van der Waals surface area (Å²) in [4.78, 5) is 8.85. The Morgan fingerprint density at radius 1 is 0.778 bits per heavy atom. The number of rotatable bonds is 4. The zero-order chi connectivity index (χ0) is 20.6. The highest BCUT2D eigenvalue weighted by atomic mass is 32.2. The fourth-order valence-corrected chi connectivity index (χ4v) is 3.55. The van der Waals surface area contributed by atoms with Gasteiger partial charge in [-0.25, -0.2) is 8.42 Å². The number of sulfone groups is 1. The molecule has 0 atom stereocenters. The van der Waals surface area contributed by atoms with Gasteiger partial charge in [-0.2, -0.15) is 26.3 Å². The molecule has 0 saturated carbocycles. The van der Waals surface area contributed by atoms with Gasteiger partial charge in [0.1, 0.15) is 0 Å². The molecule has 0 aliphatic carbocycles. The van der Waals surface area contributed by atoms with Crippen LogP contribution in [0.3, 0.4) is 0 Å². The van der Waals surface area contributed by atoms with E-state index in [0.717, 1.165) is 24.3 Å². The molecule has 0 unspecified atom stereocenters. The van der Waals surface area contributed by atoms with Gasteiger partial charge in [-0.15, -0.1) is 0 Å². The van der Waals surface area contributed by atoms with Gasteiger partial charge in [-0.1, -0.05) is 12.1 Å². The number of benzene rings is 2. The van der Waals surface area contributed by atoms with E-state index in [1.807, 2.05) is 0 Å². The van der Waals surface area contributed by atoms with Crippen molar-refractivity contribution in [2.24, 2.45) is 0 Å². The molecule has 146 valence electrons. The van der Waals surface area contributed by atoms with Crippen LogP contribution in [-0.4, -0.2) is 25.7 Å². The van der Waals surface area contributed by atoms with Crippen LogP contribution >= 0.6 is 0 Å². The lowest BCUT2D eigenvalue weighted by Gasteiger charge is -2.23. The number of non-ortho nitro benzene ring substituents is 1. The first kappa shape index (κ1) is 20.7. The minimum absolute atomic E-state index is 0.387. The average Bonchev–Trinajstić information content (AvgIpc) is 2.52. The first-order valence-corrected chi connectivity index (χ1v) is 8.46. The molecule has 0 amide bonds. The minimum Gasteiger partial charge on any atom is -0.258 e. The number of hydrogen-bond acceptors (Lipinski definition) is 4. The highest BCUT2D eigenvalue weighted by Gasteiger charge is 2.57. The van der Waals surface area contributed by atoms with E-state index in [-0.39, 0.29) is 5.69 Å². The molecule has 0 bridgehead atoms. The zero-order valence-corrected chi connectivity index (χ0v) is 13.8. The summed E-state index contributed by atoms with van der Waals surface area (Å²) in [5.41, 5.74) is -1.54. The van der Waals surface area contributed by atoms with Crippen molar-refractivity contribution in [3.63, 3.8) is 0 Å². The van der Waals surface area contributed by atoms with Crippen LogP contribution in [0.15, 0.2) is 58.3 Å². The Labute approximate surface area is 148 Å². The summed E-state index contributed by atoms with van der Waals surface area (Å²) in [7, 11) is -4.28. The van der Waals surface area contributed by atoms with Gasteiger partial charge in [0.2, 0.25) is 9.84 Å². The molecule has 0 radical (unpaired) electrons. The molecule has 12 heteroatoms. The third-order valence-electron chi connectivity index (χ3n) is 3.54. The molecule has 2 aromatic rings. The molecule has 0 fully saturated rings. The molecule has 0 saturated heterocycles. The van der Waals surface area contributed by atoms with E-state index in [1.54, 1.807) is 0 Å². The monoisotopic (exact) mass is 413 g/mol. The van der Waals surface area contributed by atoms with Crippen molar-refractivity contribution < 1.29 is 39.7 Å². The first-order valence-electron chi connectivity index (χ1n) is 6.97. The summed E-state index contributed by atoms with van der Waals surface area (Å²) in [6, 6.07) is 5.75. The molecule has 5 nitrogen and oxygen atoms in total. The summed E-state index contributed by atoms with van der Waals surface area (Å²) in [6.45, 7) is 0. The van der Waals surface area contributed by atoms with Crippen molar-refractivity contribution in [1.29, 1.82) is 0 Å². The molecule has 2 aromatic carbocycles. The summed E-state index contributed by atoms with van der Waals surface area (Å²) >= 11 is 0. The van der Waals surface area contributed by atoms with Crippen LogP contribution in [0.4, 0.5) is 32.0 Å². The molecular formula is C15H9F6NO4S. The van der Waals surface area contributed by atoms with Crippen molar-refractivity contribution in [3.05, 3.63) is 64.2 Å². The number of halogens is 6. The van der Waals surface area contributed by atoms with Gasteiger partial charge in [0.25, 0.3) is 5.69 Å². The SMILES string of the molecule is O=[N+]([O-])c1ccc(S(=O)(=O)c2ccc(C(C(F)(F)F)C(F)(F)F)cc2)cc1. The van der Waals surface area contributed by atoms with Crippen molar-refractivity contribution in [1.82, 2.24) is 0 Å². The summed E-state index contributed by atoms with van der Waals surface area (Å²) < 4.78 is 101. The third kappa shape index (κ3) is 4.38. The smallest absolute Gasteiger partial charge is 0.258 e. The van der Waals surface area contributed by atoms with Crippen molar-refractivity contribution in [2.75, 3.05) is 0 Å². The van der Waals surface area contributed by atoms with Crippen LogP contribution in [0.25, 0.3) is 0 Å². The molecule has 0 heterocycles. The topological polar surface area (TPSA) is 77.3 Å². The Bertz CT molecular complexity index is 920. The molecule has 0 aromatic heterocycles. The lowest BCUT2D eigenvalue weighted by molar-refractivity contribution is -0.384. The standard InChI is InChI=1S/C15H9F6NO4S/c16-14(17,18)13(15(19,20)21)9-1-5-11(6-2-9)27(25,26)12-7-3-10(4-8-12)22(23)24/h1-8,13H. The molecule has 27 heavy (non-hydrogen) atoms. The van der Waals surface area contributed by atoms with E-state index < -0.39 is 48.4 Å². The Balaban J connectivity index is 2.42. The van der Waals surface area contributed by atoms with Crippen molar-refractivity contribution in [2.45, 2.75) is 28.1 Å². The highest BCUT2D eigenvalue weighted by molar-refractivity contribution is 7.91. The van der Waals surface area contributed by atoms with Gasteiger partial charge in [-0.05, 0) is 29.8 Å². The van der Waals surface area contributed by atoms with E-state index in [4.69, 9.17) is 0 Å². The van der Waals surface area contributed by atoms with Gasteiger partial charge in [0, 0.05) is 12.1 Å². The van der Waals surface area contributed by atoms with Crippen molar-refractivity contribution in [3.8, 4) is 0 Å². The fraction of sp³-hybridized carbons (Fsp3) is 0.200. The second-order valence-corrected chi connectivity index (χ2v) is 7.29. The largest absolute Gasteiger partial charge is 0.404 e. The maximum atomic E-state index is 12.7. The predicted molar refractivity (Wildman–Crippen MR) is 79.8 cm³/mol. The number of hydrogen-bond donors (Lipinski definition) is 0. The van der Waals surface area contributed by atoms with Crippen LogP contribution in [0.5, 0.6) is 0 Å². The Kier molecular flexibility index (Phi) is 5.23. The van der Waals surface area contributed by atoms with Gasteiger partial charge < -0.3 is 0 Å². The van der Waals surface area contributed by atoms with Crippen LogP contribution in [0, 0.1) is 10.1 Å². The van der Waals surface area contributed by atoms with Gasteiger partial charge in [0.15, 0.2) is 5.92 Å². The average molecular weight is 413 g/mol. The second kappa shape index (κ2) is 6.83. The van der Waals surface area contributed by atoms with Crippen LogP contribution in [0.2, 0.25) is 0 Å². The number of nitro benzene ring substituents is 1. The predicted octanol–water partition coefficient (Wildman–Crippen LogP) is 4.64. The third-order valence-corrected chi connectivity index (χ3v) is 5.32. The first-order chi connectivity index (χ1) is 12.2. The van der Waals surface area contributed by atoms with Crippen molar-refractivity contribution >= 4 is 15.5 Å². The minimum atomic E-state index is -5.60. The molecule has 2 rings (SSSR count). The van der Waals surface area contributed by atoms with E-state index in [2.05, 4.69) is 0 Å². The van der Waals surface area contributed by atoms with E-state index >= 15 is 0 Å². The fourth-order valence-electron chi connectivity index (χ4n) is 2.29. The van der Waals surface area contributed by atoms with Crippen LogP contribution < -0.4 is 0 Å². The maximum Gasteiger partial charge on any atom is 0.404 e. The molecular weight excluding hydrogens is 404 g/mol. The maximum absolute atomic E-state index is 12.7. The molecule has 0 aliphatic rings. The van der Waals surface area contributed by atoms with Gasteiger partial charge in [0.05, 0.1) is 14.7 Å². The zero-order valence-electron chi connectivity index (χ0n) is 13.0. The molecule has 0 aliphatic heterocycles. The number of nitro groups is 1. The quantitative estimate of drug-likeness (QED) is 0.416. The summed E-state index contributed by atoms with van der Waals surface area (Å²) in [5, 5.41) is 10.6. The molecule has 0 spiro atoms. The second-order valence-electron chi connectivity index (χ2n) is 5.34. The van der Waals surface area contributed by atoms with Crippen LogP contribution in [-0.2, 0) is 9.84 Å². The number of nitrogens with zero attached hydrogens (tertiary/aromatic N) is 1. The van der Waals surface area contributed by atoms with E-state index in [1.165, 1.54) is 0 Å². The lowest BCUT2D eigenvalue weighted by atomic mass is 9.98. The highest BCUT2D eigenvalue weighted by Crippen LogP contribution is 2.46. The summed E-state index contributed by atoms with van der Waals surface area (Å²) in [6.07, 6.45) is -11.2. The Morgan fingerprint density at radius 2 is 1.15 bits per heavy atom. The van der Waals surface area contributed by atoms with Gasteiger partial charge in [-0.3, -0.25) is 10.1 Å². The van der Waals surface area contributed by atoms with E-state index in [0.29, 0.717) is 24.3 Å². The normalized spacial score (nSPS) is 13.0. The Hall–Kier alpha value is -2.63. The van der Waals surface area contributed by atoms with Crippen LogP contribution in [0.1, 0.15) is 11.5 Å². The Morgan fingerprint density at radius 3 is 1.48 bits per heavy atom. The summed E-state index contributed by atoms with van der Waals surface area (Å²) in [5.74, 6) is -3.75. The number of alkyl halides is 6. The van der Waals surface area contributed by atoms with E-state index in [9.17, 15) is 44.9 Å². The van der Waals surface area contributed by atoms with Gasteiger partial charge >= 0.3 is 12.4 Å². The lowest BCUT2D eigenvalue weighted by Crippen LogP contribution is -2.34. The molecule has 0 N–H and O–H groups in total.